The zero-order valence-corrected chi connectivity index (χ0v) is 36.6. The van der Waals surface area contributed by atoms with Gasteiger partial charge < -0.3 is 39.8 Å². The van der Waals surface area contributed by atoms with E-state index < -0.39 is 0 Å². The third-order valence-corrected chi connectivity index (χ3v) is 11.2. The minimum Gasteiger partial charge on any atom is -0.372 e. The number of ether oxygens (including phenoxy) is 2. The Kier molecular flexibility index (Phi) is 14.3. The number of morpholine rings is 2. The fourth-order valence-corrected chi connectivity index (χ4v) is 7.96. The largest absolute Gasteiger partial charge is 0.372 e. The van der Waals surface area contributed by atoms with Crippen molar-refractivity contribution in [2.45, 2.75) is 84.3 Å². The molecule has 6 atom stereocenters. The molecule has 0 aliphatic carbocycles. The molecular weight excluding hydrogens is 803 g/mol. The van der Waals surface area contributed by atoms with Crippen molar-refractivity contribution in [2.24, 2.45) is 21.5 Å². The van der Waals surface area contributed by atoms with Gasteiger partial charge in [-0.25, -0.2) is 13.8 Å². The van der Waals surface area contributed by atoms with Crippen molar-refractivity contribution in [3.05, 3.63) is 149 Å². The van der Waals surface area contributed by atoms with Crippen molar-refractivity contribution in [2.75, 3.05) is 26.2 Å². The van der Waals surface area contributed by atoms with Gasteiger partial charge in [-0.15, -0.1) is 0 Å². The van der Waals surface area contributed by atoms with Crippen molar-refractivity contribution in [1.29, 1.82) is 0 Å². The van der Waals surface area contributed by atoms with Gasteiger partial charge in [0.15, 0.2) is 17.7 Å². The number of guanidine groups is 2. The third-order valence-electron chi connectivity index (χ3n) is 11.2. The second-order valence-corrected chi connectivity index (χ2v) is 16.4. The van der Waals surface area contributed by atoms with Gasteiger partial charge in [0.05, 0.1) is 35.8 Å². The minimum absolute atomic E-state index is 0.0802. The number of halogens is 2. The monoisotopic (exact) mass is 858 g/mol. The van der Waals surface area contributed by atoms with Gasteiger partial charge in [0.2, 0.25) is 0 Å². The Labute approximate surface area is 367 Å². The lowest BCUT2D eigenvalue weighted by molar-refractivity contribution is -0.0485. The quantitative estimate of drug-likeness (QED) is 0.106. The molecule has 0 radical (unpaired) electrons. The second kappa shape index (κ2) is 20.2. The maximum atomic E-state index is 14.8. The van der Waals surface area contributed by atoms with E-state index in [4.69, 9.17) is 30.0 Å². The first-order valence-corrected chi connectivity index (χ1v) is 21.4. The van der Waals surface area contributed by atoms with Crippen molar-refractivity contribution in [3.63, 3.8) is 0 Å². The SMILES string of the molecule is CC1CN(C(N)=NCc2cc(C(C)c3ccc(-c4ccccc4)c(F)c3)no2)CC(C)O1.CC1CN(C(N)=Nc2cc(C(C)c3ccc(-c4ccccc4)c(F)c3)no2)CC(C)O1. The summed E-state index contributed by atoms with van der Waals surface area (Å²) in [5.41, 5.74) is 18.3. The molecule has 4 heterocycles. The average Bonchev–Trinajstić information content (AvgIpc) is 3.95. The van der Waals surface area contributed by atoms with Crippen LogP contribution in [0.25, 0.3) is 22.3 Å². The molecule has 6 aromatic rings. The molecular formula is C49H56F2N8O4. The van der Waals surface area contributed by atoms with Gasteiger partial charge in [0.1, 0.15) is 18.2 Å². The van der Waals surface area contributed by atoms with Gasteiger partial charge in [0, 0.05) is 61.3 Å². The number of hydrogen-bond acceptors (Lipinski definition) is 8. The van der Waals surface area contributed by atoms with Crippen molar-refractivity contribution < 1.29 is 27.3 Å². The molecule has 8 rings (SSSR count). The topological polar surface area (TPSA) is 154 Å². The number of nitrogens with zero attached hydrogens (tertiary/aromatic N) is 6. The highest BCUT2D eigenvalue weighted by Gasteiger charge is 2.25. The van der Waals surface area contributed by atoms with E-state index in [1.54, 1.807) is 24.3 Å². The Morgan fingerprint density at radius 2 is 1.06 bits per heavy atom. The standard InChI is InChI=1S/C25H29FN4O2.C24H27FN4O2/c1-16-14-30(15-17(2)31-16)25(27)28-13-21-12-24(29-32-21)18(3)20-9-10-22(23(26)11-20)19-7-5-4-6-8-19;1-15-13-29(14-16(2)30-15)24(26)27-23-12-22(28-31-23)17(3)19-9-10-20(21(25)11-19)18-7-5-4-6-8-18/h4-12,16-18H,13-15H2,1-3H3,(H2,27,28);4-12,15-17H,13-14H2,1-3H3,(H2,26,27). The molecule has 2 aliphatic heterocycles. The maximum Gasteiger partial charge on any atom is 0.253 e. The van der Waals surface area contributed by atoms with E-state index in [2.05, 4.69) is 20.3 Å². The summed E-state index contributed by atoms with van der Waals surface area (Å²) in [5, 5.41) is 8.30. The van der Waals surface area contributed by atoms with Crippen LogP contribution >= 0.6 is 0 Å². The van der Waals surface area contributed by atoms with Gasteiger partial charge in [-0.3, -0.25) is 0 Å². The van der Waals surface area contributed by atoms with Crippen LogP contribution in [0.2, 0.25) is 0 Å². The van der Waals surface area contributed by atoms with E-state index >= 15 is 0 Å². The lowest BCUT2D eigenvalue weighted by atomic mass is 9.94. The summed E-state index contributed by atoms with van der Waals surface area (Å²) in [5.74, 6) is 0.990. The fourth-order valence-electron chi connectivity index (χ4n) is 7.96. The Morgan fingerprint density at radius 3 is 1.54 bits per heavy atom. The Balaban J connectivity index is 0.000000189. The summed E-state index contributed by atoms with van der Waals surface area (Å²) in [6, 6.07) is 33.2. The van der Waals surface area contributed by atoms with E-state index in [0.29, 0.717) is 73.1 Å². The lowest BCUT2D eigenvalue weighted by Crippen LogP contribution is -2.50. The molecule has 12 nitrogen and oxygen atoms in total. The predicted molar refractivity (Wildman–Crippen MR) is 241 cm³/mol. The number of benzene rings is 4. The first-order chi connectivity index (χ1) is 30.3. The first-order valence-electron chi connectivity index (χ1n) is 21.4. The molecule has 14 heteroatoms. The normalized spacial score (nSPS) is 20.5. The number of rotatable bonds is 9. The molecule has 2 fully saturated rings. The highest BCUT2D eigenvalue weighted by molar-refractivity contribution is 5.80. The lowest BCUT2D eigenvalue weighted by Gasteiger charge is -2.35. The summed E-state index contributed by atoms with van der Waals surface area (Å²) in [6.07, 6.45) is 0.380. The van der Waals surface area contributed by atoms with Gasteiger partial charge >= 0.3 is 0 Å². The first kappa shape index (κ1) is 44.7. The molecule has 0 bridgehead atoms. The highest BCUT2D eigenvalue weighted by atomic mass is 19.1. The van der Waals surface area contributed by atoms with E-state index in [9.17, 15) is 8.78 Å². The summed E-state index contributed by atoms with van der Waals surface area (Å²) in [6.45, 7) is 15.1. The summed E-state index contributed by atoms with van der Waals surface area (Å²) in [7, 11) is 0. The fraction of sp³-hybridized carbons (Fsp3) is 0.347. The number of aliphatic imine (C=N–C) groups is 2. The van der Waals surface area contributed by atoms with Crippen molar-refractivity contribution in [3.8, 4) is 22.3 Å². The van der Waals surface area contributed by atoms with Crippen LogP contribution in [0.1, 0.15) is 81.7 Å². The van der Waals surface area contributed by atoms with E-state index in [1.807, 2.05) is 136 Å². The molecule has 6 unspecified atom stereocenters. The van der Waals surface area contributed by atoms with E-state index in [-0.39, 0.29) is 47.9 Å². The van der Waals surface area contributed by atoms with Crippen LogP contribution in [-0.4, -0.2) is 82.6 Å². The van der Waals surface area contributed by atoms with Crippen molar-refractivity contribution >= 4 is 17.8 Å². The molecule has 4 aromatic carbocycles. The Hall–Kier alpha value is -6.38. The predicted octanol–water partition coefficient (Wildman–Crippen LogP) is 9.24. The van der Waals surface area contributed by atoms with Gasteiger partial charge in [-0.2, -0.15) is 4.99 Å². The maximum absolute atomic E-state index is 14.8. The number of aromatic nitrogens is 2. The zero-order valence-electron chi connectivity index (χ0n) is 36.6. The van der Waals surface area contributed by atoms with Crippen LogP contribution in [0, 0.1) is 11.6 Å². The molecule has 0 spiro atoms. The molecule has 330 valence electrons. The van der Waals surface area contributed by atoms with Crippen LogP contribution in [-0.2, 0) is 16.0 Å². The zero-order chi connectivity index (χ0) is 44.6. The highest BCUT2D eigenvalue weighted by Crippen LogP contribution is 2.32. The summed E-state index contributed by atoms with van der Waals surface area (Å²) >= 11 is 0. The molecule has 2 saturated heterocycles. The molecule has 4 N–H and O–H groups in total. The second-order valence-electron chi connectivity index (χ2n) is 16.4. The molecule has 2 aliphatic rings. The minimum atomic E-state index is -0.267. The van der Waals surface area contributed by atoms with Crippen LogP contribution in [0.4, 0.5) is 14.7 Å². The van der Waals surface area contributed by atoms with E-state index in [1.165, 1.54) is 0 Å². The average molecular weight is 859 g/mol. The van der Waals surface area contributed by atoms with Gasteiger partial charge in [0.25, 0.3) is 5.88 Å². The number of hydrogen-bond donors (Lipinski definition) is 2. The number of nitrogens with two attached hydrogens (primary N) is 2. The molecule has 0 saturated carbocycles. The summed E-state index contributed by atoms with van der Waals surface area (Å²) < 4.78 is 51.8. The van der Waals surface area contributed by atoms with Crippen LogP contribution < -0.4 is 11.5 Å². The van der Waals surface area contributed by atoms with Crippen LogP contribution in [0.3, 0.4) is 0 Å². The molecule has 2 aromatic heterocycles. The molecule has 0 amide bonds. The van der Waals surface area contributed by atoms with Gasteiger partial charge in [-0.1, -0.05) is 109 Å². The smallest absolute Gasteiger partial charge is 0.253 e. The third kappa shape index (κ3) is 11.4. The van der Waals surface area contributed by atoms with Crippen molar-refractivity contribution in [1.82, 2.24) is 20.1 Å². The molecule has 63 heavy (non-hydrogen) atoms. The Morgan fingerprint density at radius 1 is 0.619 bits per heavy atom. The van der Waals surface area contributed by atoms with Gasteiger partial charge in [-0.05, 0) is 62.1 Å². The Bertz CT molecular complexity index is 2470. The van der Waals surface area contributed by atoms with Crippen LogP contribution in [0.15, 0.2) is 128 Å². The summed E-state index contributed by atoms with van der Waals surface area (Å²) in [4.78, 5) is 12.8. The van der Waals surface area contributed by atoms with E-state index in [0.717, 1.165) is 27.9 Å². The van der Waals surface area contributed by atoms with Crippen LogP contribution in [0.5, 0.6) is 0 Å².